The molecule has 0 bridgehead atoms. The van der Waals surface area contributed by atoms with Crippen molar-refractivity contribution in [2.24, 2.45) is 5.92 Å². The van der Waals surface area contributed by atoms with Crippen LogP contribution < -0.4 is 5.32 Å². The third-order valence-electron chi connectivity index (χ3n) is 2.29. The van der Waals surface area contributed by atoms with Gasteiger partial charge in [0.15, 0.2) is 0 Å². The summed E-state index contributed by atoms with van der Waals surface area (Å²) in [6, 6.07) is 0. The van der Waals surface area contributed by atoms with Gasteiger partial charge < -0.3 is 10.1 Å². The zero-order valence-electron chi connectivity index (χ0n) is 8.22. The lowest BCUT2D eigenvalue weighted by molar-refractivity contribution is -0.149. The summed E-state index contributed by atoms with van der Waals surface area (Å²) >= 11 is 5.03. The number of rotatable bonds is 2. The van der Waals surface area contributed by atoms with Crippen LogP contribution in [0.4, 0.5) is 0 Å². The molecule has 0 spiro atoms. The van der Waals surface area contributed by atoms with Crippen molar-refractivity contribution in [2.45, 2.75) is 32.7 Å². The molecule has 3 nitrogen and oxygen atoms in total. The molecule has 0 saturated carbocycles. The zero-order chi connectivity index (χ0) is 10.1. The predicted octanol–water partition coefficient (Wildman–Crippen LogP) is 1.26. The molecular weight excluding hydrogens is 186 g/mol. The minimum atomic E-state index is -0.261. The average molecular weight is 201 g/mol. The molecule has 1 heterocycles. The minimum Gasteiger partial charge on any atom is -0.466 e. The van der Waals surface area contributed by atoms with Crippen LogP contribution in [-0.4, -0.2) is 23.1 Å². The number of nitrogens with one attached hydrogen (secondary N) is 1. The van der Waals surface area contributed by atoms with Crippen LogP contribution in [0.15, 0.2) is 0 Å². The number of carbonyl (C=O) groups excluding carboxylic acids is 1. The molecule has 1 aliphatic rings. The molecule has 1 unspecified atom stereocenters. The van der Waals surface area contributed by atoms with E-state index in [2.05, 4.69) is 5.32 Å². The van der Waals surface area contributed by atoms with E-state index >= 15 is 0 Å². The molecule has 0 radical (unpaired) electrons. The largest absolute Gasteiger partial charge is 0.466 e. The van der Waals surface area contributed by atoms with Crippen LogP contribution >= 0.6 is 12.2 Å². The molecule has 4 heteroatoms. The third-order valence-corrected chi connectivity index (χ3v) is 2.56. The number of hydrogen-bond donors (Lipinski definition) is 1. The van der Waals surface area contributed by atoms with Gasteiger partial charge in [-0.05, 0) is 20.8 Å². The van der Waals surface area contributed by atoms with Crippen molar-refractivity contribution >= 4 is 23.2 Å². The van der Waals surface area contributed by atoms with E-state index in [1.54, 1.807) is 0 Å². The fourth-order valence-electron chi connectivity index (χ4n) is 1.56. The van der Waals surface area contributed by atoms with Crippen molar-refractivity contribution in [1.29, 1.82) is 0 Å². The highest BCUT2D eigenvalue weighted by molar-refractivity contribution is 7.80. The van der Waals surface area contributed by atoms with E-state index in [-0.39, 0.29) is 17.4 Å². The van der Waals surface area contributed by atoms with E-state index in [1.807, 2.05) is 20.8 Å². The van der Waals surface area contributed by atoms with Gasteiger partial charge in [-0.3, -0.25) is 4.79 Å². The average Bonchev–Trinajstić information content (AvgIpc) is 2.24. The Morgan fingerprint density at radius 2 is 2.38 bits per heavy atom. The molecule has 0 aromatic heterocycles. The molecule has 1 saturated heterocycles. The Labute approximate surface area is 83.8 Å². The Bertz CT molecular complexity index is 238. The highest BCUT2D eigenvalue weighted by atomic mass is 32.1. The van der Waals surface area contributed by atoms with Crippen molar-refractivity contribution < 1.29 is 9.53 Å². The predicted molar refractivity (Wildman–Crippen MR) is 54.6 cm³/mol. The van der Waals surface area contributed by atoms with Gasteiger partial charge in [0.25, 0.3) is 0 Å². The van der Waals surface area contributed by atoms with Crippen LogP contribution in [0.1, 0.15) is 27.2 Å². The lowest BCUT2D eigenvalue weighted by Gasteiger charge is -2.24. The van der Waals surface area contributed by atoms with Gasteiger partial charge in [-0.15, -0.1) is 0 Å². The maximum atomic E-state index is 11.5. The summed E-state index contributed by atoms with van der Waals surface area (Å²) in [5, 5.41) is 3.11. The maximum Gasteiger partial charge on any atom is 0.311 e. The van der Waals surface area contributed by atoms with Gasteiger partial charge in [-0.25, -0.2) is 0 Å². The molecule has 13 heavy (non-hydrogen) atoms. The second-order valence-electron chi connectivity index (χ2n) is 3.78. The number of carbonyl (C=O) groups is 1. The van der Waals surface area contributed by atoms with Gasteiger partial charge in [0.2, 0.25) is 0 Å². The van der Waals surface area contributed by atoms with Crippen molar-refractivity contribution in [2.75, 3.05) is 6.61 Å². The fraction of sp³-hybridized carbons (Fsp3) is 0.778. The van der Waals surface area contributed by atoms with Crippen LogP contribution in [0, 0.1) is 5.92 Å². The monoisotopic (exact) mass is 201 g/mol. The first-order valence-corrected chi connectivity index (χ1v) is 4.86. The fourth-order valence-corrected chi connectivity index (χ4v) is 1.99. The summed E-state index contributed by atoms with van der Waals surface area (Å²) in [5.74, 6) is -0.292. The minimum absolute atomic E-state index is 0.139. The molecular formula is C9H15NO2S. The van der Waals surface area contributed by atoms with Gasteiger partial charge in [0.1, 0.15) is 0 Å². The van der Waals surface area contributed by atoms with Crippen molar-refractivity contribution in [1.82, 2.24) is 5.32 Å². The van der Waals surface area contributed by atoms with Crippen LogP contribution in [0.25, 0.3) is 0 Å². The van der Waals surface area contributed by atoms with E-state index in [0.717, 1.165) is 4.99 Å². The van der Waals surface area contributed by atoms with Gasteiger partial charge >= 0.3 is 5.97 Å². The van der Waals surface area contributed by atoms with E-state index in [1.165, 1.54) is 0 Å². The number of ether oxygens (including phenoxy) is 1. The Balaban J connectivity index is 2.69. The summed E-state index contributed by atoms with van der Waals surface area (Å²) in [4.78, 5) is 12.2. The third kappa shape index (κ3) is 2.18. The van der Waals surface area contributed by atoms with Gasteiger partial charge in [-0.1, -0.05) is 12.2 Å². The van der Waals surface area contributed by atoms with E-state index in [4.69, 9.17) is 17.0 Å². The lowest BCUT2D eigenvalue weighted by atomic mass is 9.89. The number of thiocarbonyl (C=S) groups is 1. The first-order chi connectivity index (χ1) is 5.97. The van der Waals surface area contributed by atoms with E-state index in [0.29, 0.717) is 13.0 Å². The highest BCUT2D eigenvalue weighted by Crippen LogP contribution is 2.28. The van der Waals surface area contributed by atoms with Crippen molar-refractivity contribution in [3.8, 4) is 0 Å². The topological polar surface area (TPSA) is 38.3 Å². The first-order valence-electron chi connectivity index (χ1n) is 4.45. The van der Waals surface area contributed by atoms with Crippen LogP contribution in [0.2, 0.25) is 0 Å². The maximum absolute atomic E-state index is 11.5. The van der Waals surface area contributed by atoms with Crippen molar-refractivity contribution in [3.63, 3.8) is 0 Å². The molecule has 1 N–H and O–H groups in total. The quantitative estimate of drug-likeness (QED) is 0.539. The standard InChI is InChI=1S/C9H15NO2S/c1-4-12-8(11)6-5-7(13)10-9(6,2)3/h6H,4-5H2,1-3H3,(H,10,13). The zero-order valence-corrected chi connectivity index (χ0v) is 9.03. The summed E-state index contributed by atoms with van der Waals surface area (Å²) in [6.07, 6.45) is 0.612. The summed E-state index contributed by atoms with van der Waals surface area (Å²) in [7, 11) is 0. The molecule has 0 aromatic rings. The first kappa shape index (κ1) is 10.4. The molecule has 1 aliphatic heterocycles. The lowest BCUT2D eigenvalue weighted by Crippen LogP contribution is -2.42. The number of esters is 1. The van der Waals surface area contributed by atoms with Crippen LogP contribution in [0.3, 0.4) is 0 Å². The molecule has 1 rings (SSSR count). The molecule has 0 aliphatic carbocycles. The van der Waals surface area contributed by atoms with Crippen molar-refractivity contribution in [3.05, 3.63) is 0 Å². The highest BCUT2D eigenvalue weighted by Gasteiger charge is 2.42. The summed E-state index contributed by atoms with van der Waals surface area (Å²) in [6.45, 7) is 6.17. The van der Waals surface area contributed by atoms with E-state index in [9.17, 15) is 4.79 Å². The smallest absolute Gasteiger partial charge is 0.311 e. The van der Waals surface area contributed by atoms with Crippen LogP contribution in [0.5, 0.6) is 0 Å². The number of hydrogen-bond acceptors (Lipinski definition) is 3. The summed E-state index contributed by atoms with van der Waals surface area (Å²) in [5.41, 5.74) is -0.261. The second-order valence-corrected chi connectivity index (χ2v) is 4.27. The SMILES string of the molecule is CCOC(=O)C1CC(=S)NC1(C)C. The molecule has 0 aromatic carbocycles. The molecule has 1 fully saturated rings. The molecule has 0 amide bonds. The van der Waals surface area contributed by atoms with Gasteiger partial charge in [-0.2, -0.15) is 0 Å². The van der Waals surface area contributed by atoms with Gasteiger partial charge in [0, 0.05) is 12.0 Å². The second kappa shape index (κ2) is 3.62. The Kier molecular flexibility index (Phi) is 2.91. The summed E-state index contributed by atoms with van der Waals surface area (Å²) < 4.78 is 4.97. The Morgan fingerprint density at radius 1 is 1.77 bits per heavy atom. The Hall–Kier alpha value is -0.640. The molecule has 1 atom stereocenters. The Morgan fingerprint density at radius 3 is 2.77 bits per heavy atom. The molecule has 74 valence electrons. The van der Waals surface area contributed by atoms with E-state index < -0.39 is 0 Å². The van der Waals surface area contributed by atoms with Crippen LogP contribution in [-0.2, 0) is 9.53 Å². The normalized spacial score (nSPS) is 25.5. The van der Waals surface area contributed by atoms with Gasteiger partial charge in [0.05, 0.1) is 17.5 Å².